The van der Waals surface area contributed by atoms with Gasteiger partial charge in [0.05, 0.1) is 23.7 Å². The molecular formula is C40H49N5O6. The van der Waals surface area contributed by atoms with Gasteiger partial charge >= 0.3 is 6.03 Å². The third-order valence-corrected chi connectivity index (χ3v) is 12.0. The molecule has 2 aliphatic heterocycles. The molecule has 4 saturated carbocycles. The minimum absolute atomic E-state index is 0.00283. The molecule has 270 valence electrons. The van der Waals surface area contributed by atoms with Crippen molar-refractivity contribution in [2.75, 3.05) is 37.6 Å². The molecule has 4 bridgehead atoms. The number of nitro benzene ring substituents is 1. The van der Waals surface area contributed by atoms with Crippen LogP contribution >= 0.6 is 0 Å². The Hall–Kier alpha value is -4.03. The summed E-state index contributed by atoms with van der Waals surface area (Å²) in [5.74, 6) is 2.35. The zero-order chi connectivity index (χ0) is 35.0. The monoisotopic (exact) mass is 695 g/mol. The number of nitrogens with zero attached hydrogens (tertiary/aromatic N) is 3. The molecule has 0 spiro atoms. The summed E-state index contributed by atoms with van der Waals surface area (Å²) in [5.41, 5.74) is 4.96. The van der Waals surface area contributed by atoms with E-state index < -0.39 is 6.29 Å². The van der Waals surface area contributed by atoms with Crippen molar-refractivity contribution in [1.29, 1.82) is 0 Å². The van der Waals surface area contributed by atoms with Crippen molar-refractivity contribution in [3.8, 4) is 0 Å². The molecule has 0 radical (unpaired) electrons. The van der Waals surface area contributed by atoms with E-state index in [1.165, 1.54) is 19.3 Å². The number of piperazine rings is 1. The van der Waals surface area contributed by atoms with Crippen LogP contribution in [0.25, 0.3) is 0 Å². The number of nitro groups is 1. The number of benzene rings is 3. The number of rotatable bonds is 10. The first kappa shape index (κ1) is 34.1. The van der Waals surface area contributed by atoms with Crippen molar-refractivity contribution >= 4 is 17.4 Å². The third kappa shape index (κ3) is 7.77. The summed E-state index contributed by atoms with van der Waals surface area (Å²) in [6, 6.07) is 22.8. The van der Waals surface area contributed by atoms with E-state index in [0.29, 0.717) is 13.0 Å². The van der Waals surface area contributed by atoms with Crippen molar-refractivity contribution in [3.05, 3.63) is 105 Å². The number of aliphatic hydroxyl groups is 1. The van der Waals surface area contributed by atoms with Crippen LogP contribution in [0, 0.1) is 27.9 Å². The molecule has 0 aromatic heterocycles. The van der Waals surface area contributed by atoms with Crippen LogP contribution in [0.15, 0.2) is 72.8 Å². The second kappa shape index (κ2) is 14.5. The number of ether oxygens (including phenoxy) is 2. The molecule has 3 N–H and O–H groups in total. The lowest BCUT2D eigenvalue weighted by molar-refractivity contribution is -0.384. The van der Waals surface area contributed by atoms with Gasteiger partial charge in [-0.1, -0.05) is 48.5 Å². The maximum Gasteiger partial charge on any atom is 0.315 e. The Kier molecular flexibility index (Phi) is 9.71. The van der Waals surface area contributed by atoms with Crippen LogP contribution in [0.4, 0.5) is 16.2 Å². The van der Waals surface area contributed by atoms with Crippen molar-refractivity contribution in [1.82, 2.24) is 15.5 Å². The lowest BCUT2D eigenvalue weighted by atomic mass is 9.53. The Morgan fingerprint density at radius 2 is 1.41 bits per heavy atom. The second-order valence-electron chi connectivity index (χ2n) is 15.7. The highest BCUT2D eigenvalue weighted by atomic mass is 16.7. The van der Waals surface area contributed by atoms with Gasteiger partial charge in [0, 0.05) is 74.6 Å². The fourth-order valence-corrected chi connectivity index (χ4v) is 9.82. The fraction of sp³-hybridized carbons (Fsp3) is 0.525. The van der Waals surface area contributed by atoms with Crippen LogP contribution in [0.2, 0.25) is 0 Å². The Morgan fingerprint density at radius 1 is 0.804 bits per heavy atom. The Morgan fingerprint density at radius 3 is 2.02 bits per heavy atom. The smallest absolute Gasteiger partial charge is 0.315 e. The van der Waals surface area contributed by atoms with E-state index in [1.807, 2.05) is 60.7 Å². The van der Waals surface area contributed by atoms with E-state index in [1.54, 1.807) is 12.1 Å². The van der Waals surface area contributed by atoms with Gasteiger partial charge in [-0.3, -0.25) is 15.0 Å². The van der Waals surface area contributed by atoms with Gasteiger partial charge in [-0.2, -0.15) is 0 Å². The standard InChI is InChI=1S/C40H49N5O6/c46-26-28-3-5-32(6-4-28)37-20-36(25-43-13-15-44(16-14-43)34-9-11-35(12-10-34)45(48)49)50-38(51-37)33-7-1-27(2-8-33)24-41-39(47)42-40-21-29-17-30(22-40)19-31(18-29)23-40/h1-12,29-31,36-38,46H,13-26H2,(H2,41,42,47)/t29?,30?,31?,36-,37+,38+,40?/m0/s1. The van der Waals surface area contributed by atoms with Gasteiger partial charge < -0.3 is 30.1 Å². The zero-order valence-electron chi connectivity index (χ0n) is 29.1. The van der Waals surface area contributed by atoms with Crippen LogP contribution in [0.3, 0.4) is 0 Å². The molecule has 4 aliphatic carbocycles. The number of hydrogen-bond donors (Lipinski definition) is 3. The zero-order valence-corrected chi connectivity index (χ0v) is 29.1. The second-order valence-corrected chi connectivity index (χ2v) is 15.7. The number of amides is 2. The molecule has 6 aliphatic rings. The van der Waals surface area contributed by atoms with E-state index in [4.69, 9.17) is 9.47 Å². The van der Waals surface area contributed by atoms with Crippen LogP contribution in [0.5, 0.6) is 0 Å². The number of carbonyl (C=O) groups excluding carboxylic acids is 1. The summed E-state index contributed by atoms with van der Waals surface area (Å²) in [6.07, 6.45) is 7.38. The highest BCUT2D eigenvalue weighted by Gasteiger charge is 2.51. The SMILES string of the molecule is O=C(NCc1ccc([C@@H]2O[C@H](CN3CCN(c4ccc([N+](=O)[O-])cc4)CC3)C[C@H](c3ccc(CO)cc3)O2)cc1)NC12CC3CC(CC(C3)C1)C2. The summed E-state index contributed by atoms with van der Waals surface area (Å²) in [6.45, 7) is 4.59. The predicted octanol–water partition coefficient (Wildman–Crippen LogP) is 6.22. The van der Waals surface area contributed by atoms with Crippen LogP contribution in [-0.4, -0.2) is 65.3 Å². The molecular weight excluding hydrogens is 646 g/mol. The van der Waals surface area contributed by atoms with Crippen molar-refractivity contribution in [2.24, 2.45) is 17.8 Å². The number of nitrogens with one attached hydrogen (secondary N) is 2. The molecule has 2 heterocycles. The predicted molar refractivity (Wildman–Crippen MR) is 193 cm³/mol. The van der Waals surface area contributed by atoms with E-state index in [2.05, 4.69) is 20.4 Å². The molecule has 2 saturated heterocycles. The van der Waals surface area contributed by atoms with E-state index in [-0.39, 0.29) is 41.0 Å². The van der Waals surface area contributed by atoms with E-state index >= 15 is 0 Å². The molecule has 2 amide bonds. The minimum Gasteiger partial charge on any atom is -0.392 e. The summed E-state index contributed by atoms with van der Waals surface area (Å²) in [4.78, 5) is 28.4. The highest BCUT2D eigenvalue weighted by Crippen LogP contribution is 2.55. The molecule has 6 fully saturated rings. The quantitative estimate of drug-likeness (QED) is 0.168. The first-order valence-electron chi connectivity index (χ1n) is 18.7. The molecule has 9 rings (SSSR count). The van der Waals surface area contributed by atoms with Gasteiger partial charge in [-0.25, -0.2) is 4.79 Å². The maximum absolute atomic E-state index is 13.0. The Labute approximate surface area is 299 Å². The Bertz CT molecular complexity index is 1640. The molecule has 51 heavy (non-hydrogen) atoms. The lowest BCUT2D eigenvalue weighted by Gasteiger charge is -2.56. The number of aliphatic hydroxyl groups excluding tert-OH is 1. The normalized spacial score (nSPS) is 30.3. The van der Waals surface area contributed by atoms with Gasteiger partial charge in [0.15, 0.2) is 6.29 Å². The molecule has 0 unspecified atom stereocenters. The summed E-state index contributed by atoms with van der Waals surface area (Å²) < 4.78 is 13.2. The maximum atomic E-state index is 13.0. The lowest BCUT2D eigenvalue weighted by Crippen LogP contribution is -2.61. The van der Waals surface area contributed by atoms with Crippen molar-refractivity contribution in [2.45, 2.75) is 82.1 Å². The first-order chi connectivity index (χ1) is 24.8. The molecule has 11 heteroatoms. The van der Waals surface area contributed by atoms with E-state index in [0.717, 1.165) is 97.7 Å². The molecule has 3 atom stereocenters. The summed E-state index contributed by atoms with van der Waals surface area (Å²) in [7, 11) is 0. The van der Waals surface area contributed by atoms with Crippen molar-refractivity contribution < 1.29 is 24.3 Å². The Balaban J connectivity index is 0.887. The average molecular weight is 696 g/mol. The van der Waals surface area contributed by atoms with Gasteiger partial charge in [0.1, 0.15) is 0 Å². The molecule has 3 aromatic carbocycles. The minimum atomic E-state index is -0.547. The average Bonchev–Trinajstić information content (AvgIpc) is 3.14. The number of hydrogen-bond acceptors (Lipinski definition) is 8. The van der Waals surface area contributed by atoms with Gasteiger partial charge in [-0.15, -0.1) is 0 Å². The number of anilines is 1. The third-order valence-electron chi connectivity index (χ3n) is 12.0. The first-order valence-corrected chi connectivity index (χ1v) is 18.7. The van der Waals surface area contributed by atoms with Gasteiger partial charge in [0.2, 0.25) is 0 Å². The van der Waals surface area contributed by atoms with Crippen LogP contribution in [-0.2, 0) is 22.6 Å². The van der Waals surface area contributed by atoms with E-state index in [9.17, 15) is 20.0 Å². The fourth-order valence-electron chi connectivity index (χ4n) is 9.82. The highest BCUT2D eigenvalue weighted by molar-refractivity contribution is 5.75. The number of urea groups is 1. The van der Waals surface area contributed by atoms with Crippen LogP contribution in [0.1, 0.15) is 79.6 Å². The van der Waals surface area contributed by atoms with Crippen molar-refractivity contribution in [3.63, 3.8) is 0 Å². The largest absolute Gasteiger partial charge is 0.392 e. The summed E-state index contributed by atoms with van der Waals surface area (Å²) in [5, 5.41) is 27.2. The summed E-state index contributed by atoms with van der Waals surface area (Å²) >= 11 is 0. The molecule has 3 aromatic rings. The topological polar surface area (TPSA) is 129 Å². The number of non-ortho nitro benzene ring substituents is 1. The van der Waals surface area contributed by atoms with Crippen LogP contribution < -0.4 is 15.5 Å². The molecule has 11 nitrogen and oxygen atoms in total. The van der Waals surface area contributed by atoms with Gasteiger partial charge in [-0.05, 0) is 85.1 Å². The number of carbonyl (C=O) groups is 1. The van der Waals surface area contributed by atoms with Gasteiger partial charge in [0.25, 0.3) is 5.69 Å².